The molecule has 1 aliphatic carbocycles. The first-order chi connectivity index (χ1) is 13.1. The van der Waals surface area contributed by atoms with Gasteiger partial charge in [-0.05, 0) is 57.2 Å². The largest absolute Gasteiger partial charge is 0.336 e. The predicted octanol–water partition coefficient (Wildman–Crippen LogP) is 3.83. The minimum Gasteiger partial charge on any atom is -0.336 e. The van der Waals surface area contributed by atoms with E-state index in [1.54, 1.807) is 0 Å². The summed E-state index contributed by atoms with van der Waals surface area (Å²) in [6.07, 6.45) is 5.26. The lowest BCUT2D eigenvalue weighted by Gasteiger charge is -2.35. The Morgan fingerprint density at radius 3 is 2.67 bits per heavy atom. The van der Waals surface area contributed by atoms with E-state index in [1.807, 2.05) is 6.07 Å². The minimum atomic E-state index is 0.114. The summed E-state index contributed by atoms with van der Waals surface area (Å²) in [6.45, 7) is 9.03. The fraction of sp³-hybridized carbons (Fsp3) is 0.667. The van der Waals surface area contributed by atoms with Crippen LogP contribution < -0.4 is 5.32 Å². The molecule has 2 aliphatic rings. The maximum absolute atomic E-state index is 13.7. The number of rotatable bonds is 6. The third-order valence-corrected chi connectivity index (χ3v) is 5.74. The van der Waals surface area contributed by atoms with Gasteiger partial charge in [-0.3, -0.25) is 4.79 Å². The van der Waals surface area contributed by atoms with E-state index >= 15 is 0 Å². The molecule has 1 aliphatic heterocycles. The molecule has 146 valence electrons. The lowest BCUT2D eigenvalue weighted by atomic mass is 9.99. The fourth-order valence-corrected chi connectivity index (χ4v) is 4.11. The molecule has 6 heteroatoms. The second-order valence-electron chi connectivity index (χ2n) is 8.25. The molecule has 2 aromatic heterocycles. The molecule has 4 rings (SSSR count). The average molecular weight is 370 g/mol. The van der Waals surface area contributed by atoms with Gasteiger partial charge < -0.3 is 14.7 Å². The summed E-state index contributed by atoms with van der Waals surface area (Å²) in [5.74, 6) is 0.764. The van der Waals surface area contributed by atoms with Gasteiger partial charge in [0.15, 0.2) is 0 Å². The van der Waals surface area contributed by atoms with Crippen LogP contribution in [-0.4, -0.2) is 46.6 Å². The zero-order valence-electron chi connectivity index (χ0n) is 16.6. The zero-order chi connectivity index (χ0) is 19.0. The van der Waals surface area contributed by atoms with E-state index in [9.17, 15) is 4.79 Å². The molecule has 0 spiro atoms. The van der Waals surface area contributed by atoms with Crippen molar-refractivity contribution in [1.29, 1.82) is 0 Å². The summed E-state index contributed by atoms with van der Waals surface area (Å²) in [4.78, 5) is 20.5. The second-order valence-corrected chi connectivity index (χ2v) is 8.25. The Bertz CT molecular complexity index is 819. The van der Waals surface area contributed by atoms with Crippen molar-refractivity contribution in [3.63, 3.8) is 0 Å². The zero-order valence-corrected chi connectivity index (χ0v) is 16.6. The van der Waals surface area contributed by atoms with Crippen LogP contribution in [0, 0.1) is 0 Å². The van der Waals surface area contributed by atoms with Crippen LogP contribution in [0.5, 0.6) is 0 Å². The first-order valence-electron chi connectivity index (χ1n) is 10.4. The van der Waals surface area contributed by atoms with Gasteiger partial charge in [0.25, 0.3) is 11.6 Å². The number of aromatic nitrogens is 2. The lowest BCUT2D eigenvalue weighted by molar-refractivity contribution is 0.0644. The van der Waals surface area contributed by atoms with Gasteiger partial charge in [-0.15, -0.1) is 0 Å². The Kier molecular flexibility index (Phi) is 5.17. The Morgan fingerprint density at radius 2 is 2.04 bits per heavy atom. The number of hydrogen-bond donors (Lipinski definition) is 1. The van der Waals surface area contributed by atoms with Crippen LogP contribution >= 0.6 is 0 Å². The Labute approximate surface area is 160 Å². The standard InChI is InChI=1S/C21H30N4O2/c1-4-11-25(15-7-9-22-10-8-15)21(26)16-12-17(14-5-6-14)23-20-18(16)19(13(2)3)24-27-20/h12-15,22H,4-11H2,1-3H3. The fourth-order valence-electron chi connectivity index (χ4n) is 4.11. The third-order valence-electron chi connectivity index (χ3n) is 5.74. The molecule has 6 nitrogen and oxygen atoms in total. The number of hydrogen-bond acceptors (Lipinski definition) is 5. The van der Waals surface area contributed by atoms with Crippen LogP contribution in [0.15, 0.2) is 10.6 Å². The molecule has 27 heavy (non-hydrogen) atoms. The Balaban J connectivity index is 1.79. The molecule has 0 aromatic carbocycles. The van der Waals surface area contributed by atoms with Crippen molar-refractivity contribution < 1.29 is 9.32 Å². The first kappa shape index (κ1) is 18.4. The molecule has 2 fully saturated rings. The molecule has 2 aromatic rings. The van der Waals surface area contributed by atoms with E-state index in [4.69, 9.17) is 9.51 Å². The summed E-state index contributed by atoms with van der Waals surface area (Å²) in [6, 6.07) is 2.32. The van der Waals surface area contributed by atoms with Crippen molar-refractivity contribution in [1.82, 2.24) is 20.4 Å². The summed E-state index contributed by atoms with van der Waals surface area (Å²) < 4.78 is 5.56. The van der Waals surface area contributed by atoms with Gasteiger partial charge in [-0.1, -0.05) is 25.9 Å². The molecule has 3 heterocycles. The third kappa shape index (κ3) is 3.59. The SMILES string of the molecule is CCCN(C(=O)c1cc(C2CC2)nc2onc(C(C)C)c12)C1CCNCC1. The molecule has 1 saturated carbocycles. The number of pyridine rings is 1. The number of piperidine rings is 1. The predicted molar refractivity (Wildman–Crippen MR) is 105 cm³/mol. The maximum atomic E-state index is 13.7. The van der Waals surface area contributed by atoms with E-state index in [0.29, 0.717) is 17.7 Å². The number of nitrogens with zero attached hydrogens (tertiary/aromatic N) is 3. The summed E-state index contributed by atoms with van der Waals surface area (Å²) >= 11 is 0. The number of amides is 1. The van der Waals surface area contributed by atoms with Gasteiger partial charge in [0.2, 0.25) is 0 Å². The topological polar surface area (TPSA) is 71.3 Å². The minimum absolute atomic E-state index is 0.114. The number of fused-ring (bicyclic) bond motifs is 1. The number of carbonyl (C=O) groups excluding carboxylic acids is 1. The van der Waals surface area contributed by atoms with Gasteiger partial charge in [-0.2, -0.15) is 0 Å². The van der Waals surface area contributed by atoms with Crippen molar-refractivity contribution in [2.45, 2.75) is 70.8 Å². The number of carbonyl (C=O) groups is 1. The molecule has 1 amide bonds. The van der Waals surface area contributed by atoms with Crippen LogP contribution in [0.4, 0.5) is 0 Å². The molecule has 0 atom stereocenters. The van der Waals surface area contributed by atoms with Crippen LogP contribution in [0.2, 0.25) is 0 Å². The Morgan fingerprint density at radius 1 is 1.30 bits per heavy atom. The highest BCUT2D eigenvalue weighted by Gasteiger charge is 2.32. The summed E-state index contributed by atoms with van der Waals surface area (Å²) in [5, 5.41) is 8.47. The molecular weight excluding hydrogens is 340 g/mol. The maximum Gasteiger partial charge on any atom is 0.259 e. The molecular formula is C21H30N4O2. The molecule has 0 unspecified atom stereocenters. The van der Waals surface area contributed by atoms with Crippen LogP contribution in [0.25, 0.3) is 11.1 Å². The highest BCUT2D eigenvalue weighted by molar-refractivity contribution is 6.06. The highest BCUT2D eigenvalue weighted by atomic mass is 16.5. The van der Waals surface area contributed by atoms with E-state index in [-0.39, 0.29) is 11.8 Å². The molecule has 0 bridgehead atoms. The summed E-state index contributed by atoms with van der Waals surface area (Å²) in [5.41, 5.74) is 3.08. The molecule has 1 N–H and O–H groups in total. The van der Waals surface area contributed by atoms with Gasteiger partial charge in [0, 0.05) is 24.2 Å². The quantitative estimate of drug-likeness (QED) is 0.837. The smallest absolute Gasteiger partial charge is 0.259 e. The Hall–Kier alpha value is -1.95. The van der Waals surface area contributed by atoms with Gasteiger partial charge in [-0.25, -0.2) is 4.98 Å². The van der Waals surface area contributed by atoms with Crippen LogP contribution in [0.3, 0.4) is 0 Å². The van der Waals surface area contributed by atoms with E-state index in [0.717, 1.165) is 74.1 Å². The van der Waals surface area contributed by atoms with Crippen LogP contribution in [0.1, 0.15) is 86.5 Å². The lowest BCUT2D eigenvalue weighted by Crippen LogP contribution is -2.46. The van der Waals surface area contributed by atoms with Gasteiger partial charge >= 0.3 is 0 Å². The normalized spacial score (nSPS) is 18.4. The first-order valence-corrected chi connectivity index (χ1v) is 10.4. The van der Waals surface area contributed by atoms with Gasteiger partial charge in [0.1, 0.15) is 0 Å². The van der Waals surface area contributed by atoms with Crippen molar-refractivity contribution in [3.05, 3.63) is 23.0 Å². The van der Waals surface area contributed by atoms with E-state index in [1.165, 1.54) is 0 Å². The average Bonchev–Trinajstić information content (AvgIpc) is 3.44. The number of nitrogens with one attached hydrogen (secondary N) is 1. The van der Waals surface area contributed by atoms with E-state index < -0.39 is 0 Å². The molecule has 0 radical (unpaired) electrons. The van der Waals surface area contributed by atoms with E-state index in [2.05, 4.69) is 36.1 Å². The summed E-state index contributed by atoms with van der Waals surface area (Å²) in [7, 11) is 0. The van der Waals surface area contributed by atoms with Crippen molar-refractivity contribution >= 4 is 17.0 Å². The van der Waals surface area contributed by atoms with Crippen LogP contribution in [-0.2, 0) is 0 Å². The highest BCUT2D eigenvalue weighted by Crippen LogP contribution is 2.41. The monoisotopic (exact) mass is 370 g/mol. The second kappa shape index (κ2) is 7.58. The van der Waals surface area contributed by atoms with Crippen molar-refractivity contribution in [2.24, 2.45) is 0 Å². The van der Waals surface area contributed by atoms with Crippen molar-refractivity contribution in [2.75, 3.05) is 19.6 Å². The molecule has 1 saturated heterocycles. The van der Waals surface area contributed by atoms with Crippen molar-refractivity contribution in [3.8, 4) is 0 Å². The van der Waals surface area contributed by atoms with Gasteiger partial charge in [0.05, 0.1) is 16.6 Å².